The zero-order valence-corrected chi connectivity index (χ0v) is 12.1. The van der Waals surface area contributed by atoms with E-state index in [2.05, 4.69) is 15.9 Å². The summed E-state index contributed by atoms with van der Waals surface area (Å²) in [7, 11) is 2.91. The summed E-state index contributed by atoms with van der Waals surface area (Å²) in [5, 5.41) is 0. The van der Waals surface area contributed by atoms with Crippen LogP contribution in [0.25, 0.3) is 0 Å². The Balaban J connectivity index is 2.97. The highest BCUT2D eigenvalue weighted by atomic mass is 79.9. The molecular formula is C12H15BrF3NO2. The molecule has 0 bridgehead atoms. The normalized spacial score (nSPS) is 13.2. The van der Waals surface area contributed by atoms with Crippen molar-refractivity contribution in [2.45, 2.75) is 25.1 Å². The van der Waals surface area contributed by atoms with Crippen LogP contribution in [0.2, 0.25) is 0 Å². The molecule has 0 radical (unpaired) electrons. The van der Waals surface area contributed by atoms with Gasteiger partial charge in [0.25, 0.3) is 0 Å². The van der Waals surface area contributed by atoms with E-state index >= 15 is 0 Å². The molecule has 0 heterocycles. The van der Waals surface area contributed by atoms with Gasteiger partial charge in [-0.25, -0.2) is 0 Å². The Bertz CT molecular complexity index is 438. The quantitative estimate of drug-likeness (QED) is 0.885. The molecule has 0 spiro atoms. The Kier molecular flexibility index (Phi) is 5.49. The van der Waals surface area contributed by atoms with E-state index in [0.717, 1.165) is 0 Å². The number of methoxy groups -OCH3 is 2. The third-order valence-corrected chi connectivity index (χ3v) is 3.26. The Morgan fingerprint density at radius 2 is 1.79 bits per heavy atom. The maximum absolute atomic E-state index is 12.2. The molecule has 19 heavy (non-hydrogen) atoms. The van der Waals surface area contributed by atoms with E-state index in [-0.39, 0.29) is 6.42 Å². The van der Waals surface area contributed by atoms with Gasteiger partial charge < -0.3 is 15.2 Å². The fourth-order valence-corrected chi connectivity index (χ4v) is 2.13. The second-order valence-corrected chi connectivity index (χ2v) is 4.84. The first-order chi connectivity index (χ1) is 8.78. The van der Waals surface area contributed by atoms with Crippen LogP contribution in [0.5, 0.6) is 11.5 Å². The van der Waals surface area contributed by atoms with E-state index in [1.54, 1.807) is 12.1 Å². The third kappa shape index (κ3) is 4.58. The van der Waals surface area contributed by atoms with Gasteiger partial charge in [-0.05, 0) is 34.5 Å². The Hall–Kier alpha value is -0.950. The highest BCUT2D eigenvalue weighted by Crippen LogP contribution is 2.37. The lowest BCUT2D eigenvalue weighted by Gasteiger charge is -2.18. The molecule has 0 aliphatic heterocycles. The molecule has 1 atom stereocenters. The first kappa shape index (κ1) is 16.1. The molecule has 1 rings (SSSR count). The van der Waals surface area contributed by atoms with E-state index in [0.29, 0.717) is 21.5 Å². The summed E-state index contributed by atoms with van der Waals surface area (Å²) >= 11 is 3.28. The van der Waals surface area contributed by atoms with Crippen molar-refractivity contribution in [3.05, 3.63) is 22.2 Å². The van der Waals surface area contributed by atoms with Gasteiger partial charge in [0.1, 0.15) is 11.5 Å². The van der Waals surface area contributed by atoms with Gasteiger partial charge >= 0.3 is 6.18 Å². The van der Waals surface area contributed by atoms with Crippen LogP contribution in [0.15, 0.2) is 16.6 Å². The largest absolute Gasteiger partial charge is 0.496 e. The third-order valence-electron chi connectivity index (χ3n) is 2.64. The number of alkyl halides is 3. The Labute approximate surface area is 118 Å². The van der Waals surface area contributed by atoms with Gasteiger partial charge in [0.05, 0.1) is 18.7 Å². The van der Waals surface area contributed by atoms with Gasteiger partial charge in [0.15, 0.2) is 0 Å². The van der Waals surface area contributed by atoms with E-state index < -0.39 is 18.6 Å². The second kappa shape index (κ2) is 6.47. The summed E-state index contributed by atoms with van der Waals surface area (Å²) < 4.78 is 47.5. The molecule has 2 N–H and O–H groups in total. The number of benzene rings is 1. The van der Waals surface area contributed by atoms with Crippen LogP contribution < -0.4 is 15.2 Å². The fraction of sp³-hybridized carbons (Fsp3) is 0.500. The van der Waals surface area contributed by atoms with Crippen LogP contribution in [-0.2, 0) is 0 Å². The lowest BCUT2D eigenvalue weighted by Crippen LogP contribution is -2.16. The summed E-state index contributed by atoms with van der Waals surface area (Å²) in [4.78, 5) is 0. The number of hydrogen-bond donors (Lipinski definition) is 1. The summed E-state index contributed by atoms with van der Waals surface area (Å²) in [6.45, 7) is 0. The lowest BCUT2D eigenvalue weighted by molar-refractivity contribution is -0.136. The first-order valence-corrected chi connectivity index (χ1v) is 6.31. The van der Waals surface area contributed by atoms with Gasteiger partial charge in [0, 0.05) is 18.0 Å². The van der Waals surface area contributed by atoms with Crippen molar-refractivity contribution >= 4 is 15.9 Å². The Morgan fingerprint density at radius 1 is 1.21 bits per heavy atom. The molecular weight excluding hydrogens is 327 g/mol. The van der Waals surface area contributed by atoms with Crippen LogP contribution in [0.1, 0.15) is 24.4 Å². The maximum atomic E-state index is 12.2. The molecule has 1 aromatic carbocycles. The number of rotatable bonds is 5. The number of hydrogen-bond acceptors (Lipinski definition) is 3. The molecule has 0 aliphatic carbocycles. The predicted octanol–water partition coefficient (Wildman–Crippen LogP) is 3.81. The molecule has 0 aromatic heterocycles. The topological polar surface area (TPSA) is 44.5 Å². The monoisotopic (exact) mass is 341 g/mol. The van der Waals surface area contributed by atoms with Crippen molar-refractivity contribution in [3.8, 4) is 11.5 Å². The van der Waals surface area contributed by atoms with Gasteiger partial charge in [0.2, 0.25) is 0 Å². The second-order valence-electron chi connectivity index (χ2n) is 3.99. The van der Waals surface area contributed by atoms with Crippen LogP contribution >= 0.6 is 15.9 Å². The standard InChI is InChI=1S/C12H15BrF3NO2/c1-18-10-6-8(13)11(19-2)5-7(10)9(17)3-4-12(14,15)16/h5-6,9H,3-4,17H2,1-2H3/t9-/m1/s1. The average molecular weight is 342 g/mol. The number of halogens is 4. The molecule has 0 unspecified atom stereocenters. The SMILES string of the molecule is COc1cc([C@H](N)CCC(F)(F)F)c(OC)cc1Br. The van der Waals surface area contributed by atoms with Crippen LogP contribution in [0.4, 0.5) is 13.2 Å². The van der Waals surface area contributed by atoms with Crippen molar-refractivity contribution in [2.24, 2.45) is 5.73 Å². The minimum atomic E-state index is -4.22. The van der Waals surface area contributed by atoms with Crippen molar-refractivity contribution in [2.75, 3.05) is 14.2 Å². The molecule has 0 saturated carbocycles. The van der Waals surface area contributed by atoms with Gasteiger partial charge in [-0.15, -0.1) is 0 Å². The summed E-state index contributed by atoms with van der Waals surface area (Å²) in [5.74, 6) is 0.931. The molecule has 0 saturated heterocycles. The minimum absolute atomic E-state index is 0.204. The Morgan fingerprint density at radius 3 is 2.26 bits per heavy atom. The van der Waals surface area contributed by atoms with E-state index in [9.17, 15) is 13.2 Å². The molecule has 108 valence electrons. The first-order valence-electron chi connectivity index (χ1n) is 5.52. The molecule has 0 aliphatic rings. The smallest absolute Gasteiger partial charge is 0.389 e. The zero-order valence-electron chi connectivity index (χ0n) is 10.6. The van der Waals surface area contributed by atoms with Crippen molar-refractivity contribution in [3.63, 3.8) is 0 Å². The summed E-state index contributed by atoms with van der Waals surface area (Å²) in [5.41, 5.74) is 6.29. The molecule has 0 amide bonds. The average Bonchev–Trinajstić information content (AvgIpc) is 2.34. The van der Waals surface area contributed by atoms with Crippen molar-refractivity contribution < 1.29 is 22.6 Å². The van der Waals surface area contributed by atoms with Gasteiger partial charge in [-0.3, -0.25) is 0 Å². The molecule has 0 fully saturated rings. The molecule has 1 aromatic rings. The lowest BCUT2D eigenvalue weighted by atomic mass is 10.0. The summed E-state index contributed by atoms with van der Waals surface area (Å²) in [6.07, 6.45) is -5.36. The van der Waals surface area contributed by atoms with E-state index in [1.165, 1.54) is 14.2 Å². The highest BCUT2D eigenvalue weighted by molar-refractivity contribution is 9.10. The molecule has 3 nitrogen and oxygen atoms in total. The van der Waals surface area contributed by atoms with E-state index in [1.807, 2.05) is 0 Å². The zero-order chi connectivity index (χ0) is 14.6. The predicted molar refractivity (Wildman–Crippen MR) is 69.5 cm³/mol. The number of nitrogens with two attached hydrogens (primary N) is 1. The van der Waals surface area contributed by atoms with Crippen LogP contribution in [0.3, 0.4) is 0 Å². The number of ether oxygens (including phenoxy) is 2. The van der Waals surface area contributed by atoms with Gasteiger partial charge in [-0.1, -0.05) is 0 Å². The summed E-state index contributed by atoms with van der Waals surface area (Å²) in [6, 6.07) is 2.45. The van der Waals surface area contributed by atoms with Crippen molar-refractivity contribution in [1.29, 1.82) is 0 Å². The highest BCUT2D eigenvalue weighted by Gasteiger charge is 2.28. The minimum Gasteiger partial charge on any atom is -0.496 e. The molecule has 7 heteroatoms. The fourth-order valence-electron chi connectivity index (χ4n) is 1.65. The maximum Gasteiger partial charge on any atom is 0.389 e. The van der Waals surface area contributed by atoms with E-state index in [4.69, 9.17) is 15.2 Å². The van der Waals surface area contributed by atoms with Crippen LogP contribution in [-0.4, -0.2) is 20.4 Å². The van der Waals surface area contributed by atoms with Gasteiger partial charge in [-0.2, -0.15) is 13.2 Å². The van der Waals surface area contributed by atoms with Crippen molar-refractivity contribution in [1.82, 2.24) is 0 Å². The van der Waals surface area contributed by atoms with Crippen LogP contribution in [0, 0.1) is 0 Å².